The van der Waals surface area contributed by atoms with Crippen molar-refractivity contribution in [2.45, 2.75) is 0 Å². The van der Waals surface area contributed by atoms with E-state index in [1.54, 1.807) is 0 Å². The van der Waals surface area contributed by atoms with Gasteiger partial charge in [0.1, 0.15) is 0 Å². The zero-order valence-electron chi connectivity index (χ0n) is 10.4. The average molecular weight is 243 g/mol. The Hall–Kier alpha value is -2.54. The van der Waals surface area contributed by atoms with E-state index in [-0.39, 0.29) is 0 Å². The minimum absolute atomic E-state index is 1.20. The SMILES string of the molecule is c1ccc(-c2ccc3c(c2)[nH]c2ccccc23)cc1. The Morgan fingerprint density at radius 1 is 0.526 bits per heavy atom. The maximum Gasteiger partial charge on any atom is 0.0471 e. The molecule has 0 saturated heterocycles. The third kappa shape index (κ3) is 1.63. The molecule has 4 rings (SSSR count). The molecule has 0 atom stereocenters. The Kier molecular flexibility index (Phi) is 2.18. The normalized spacial score (nSPS) is 11.2. The van der Waals surface area contributed by atoms with Crippen molar-refractivity contribution in [2.75, 3.05) is 0 Å². The molecule has 0 spiro atoms. The van der Waals surface area contributed by atoms with E-state index in [4.69, 9.17) is 0 Å². The van der Waals surface area contributed by atoms with E-state index >= 15 is 0 Å². The van der Waals surface area contributed by atoms with Gasteiger partial charge in [-0.1, -0.05) is 60.7 Å². The summed E-state index contributed by atoms with van der Waals surface area (Å²) in [4.78, 5) is 3.49. The Morgan fingerprint density at radius 2 is 1.26 bits per heavy atom. The van der Waals surface area contributed by atoms with Crippen LogP contribution < -0.4 is 0 Å². The van der Waals surface area contributed by atoms with Gasteiger partial charge in [0.2, 0.25) is 0 Å². The number of aromatic nitrogens is 1. The number of H-pyrrole nitrogens is 1. The number of para-hydroxylation sites is 1. The van der Waals surface area contributed by atoms with Gasteiger partial charge in [-0.25, -0.2) is 0 Å². The third-order valence-electron chi connectivity index (χ3n) is 3.61. The van der Waals surface area contributed by atoms with Crippen LogP contribution in [0.15, 0.2) is 72.8 Å². The molecule has 0 bridgehead atoms. The summed E-state index contributed by atoms with van der Waals surface area (Å²) >= 11 is 0. The van der Waals surface area contributed by atoms with Crippen molar-refractivity contribution < 1.29 is 0 Å². The van der Waals surface area contributed by atoms with Crippen molar-refractivity contribution in [3.63, 3.8) is 0 Å². The van der Waals surface area contributed by atoms with Crippen molar-refractivity contribution in [1.82, 2.24) is 4.98 Å². The second-order valence-electron chi connectivity index (χ2n) is 4.80. The van der Waals surface area contributed by atoms with Crippen LogP contribution in [-0.2, 0) is 0 Å². The first kappa shape index (κ1) is 10.4. The average Bonchev–Trinajstić information content (AvgIpc) is 2.86. The lowest BCUT2D eigenvalue weighted by atomic mass is 10.0. The van der Waals surface area contributed by atoms with E-state index in [0.29, 0.717) is 0 Å². The highest BCUT2D eigenvalue weighted by atomic mass is 14.7. The monoisotopic (exact) mass is 243 g/mol. The summed E-state index contributed by atoms with van der Waals surface area (Å²) in [6.07, 6.45) is 0. The molecule has 0 aliphatic rings. The standard InChI is InChI=1S/C18H13N/c1-2-6-13(7-3-1)14-10-11-16-15-8-4-5-9-17(15)19-18(16)12-14/h1-12,19H. The first-order valence-electron chi connectivity index (χ1n) is 6.48. The minimum Gasteiger partial charge on any atom is -0.354 e. The fraction of sp³-hybridized carbons (Fsp3) is 0. The molecule has 0 fully saturated rings. The van der Waals surface area contributed by atoms with E-state index in [1.165, 1.54) is 32.9 Å². The topological polar surface area (TPSA) is 15.8 Å². The molecule has 0 radical (unpaired) electrons. The van der Waals surface area contributed by atoms with Gasteiger partial charge >= 0.3 is 0 Å². The van der Waals surface area contributed by atoms with Crippen molar-refractivity contribution in [1.29, 1.82) is 0 Å². The summed E-state index contributed by atoms with van der Waals surface area (Å²) in [5.41, 5.74) is 4.90. The van der Waals surface area contributed by atoms with Crippen LogP contribution in [0.3, 0.4) is 0 Å². The van der Waals surface area contributed by atoms with Gasteiger partial charge < -0.3 is 4.98 Å². The fourth-order valence-electron chi connectivity index (χ4n) is 2.66. The van der Waals surface area contributed by atoms with Crippen LogP contribution in [-0.4, -0.2) is 4.98 Å². The predicted octanol–water partition coefficient (Wildman–Crippen LogP) is 4.99. The maximum atomic E-state index is 3.49. The van der Waals surface area contributed by atoms with Crippen LogP contribution in [0.25, 0.3) is 32.9 Å². The largest absolute Gasteiger partial charge is 0.354 e. The molecule has 1 heteroatoms. The third-order valence-corrected chi connectivity index (χ3v) is 3.61. The molecule has 1 N–H and O–H groups in total. The molecule has 1 aromatic heterocycles. The van der Waals surface area contributed by atoms with Crippen molar-refractivity contribution in [3.05, 3.63) is 72.8 Å². The van der Waals surface area contributed by atoms with Crippen molar-refractivity contribution >= 4 is 21.8 Å². The van der Waals surface area contributed by atoms with Crippen LogP contribution in [0, 0.1) is 0 Å². The van der Waals surface area contributed by atoms with Gasteiger partial charge in [0.05, 0.1) is 0 Å². The number of nitrogens with one attached hydrogen (secondary N) is 1. The molecule has 90 valence electrons. The number of fused-ring (bicyclic) bond motifs is 3. The number of rotatable bonds is 1. The quantitative estimate of drug-likeness (QED) is 0.485. The Balaban J connectivity index is 1.99. The number of aromatic amines is 1. The van der Waals surface area contributed by atoms with Gasteiger partial charge in [-0.3, -0.25) is 0 Å². The Labute approximate surface area is 111 Å². The van der Waals surface area contributed by atoms with Crippen molar-refractivity contribution in [3.8, 4) is 11.1 Å². The van der Waals surface area contributed by atoms with E-state index in [9.17, 15) is 0 Å². The summed E-state index contributed by atoms with van der Waals surface area (Å²) in [7, 11) is 0. The molecule has 0 unspecified atom stereocenters. The second-order valence-corrected chi connectivity index (χ2v) is 4.80. The van der Waals surface area contributed by atoms with Gasteiger partial charge in [-0.15, -0.1) is 0 Å². The zero-order valence-corrected chi connectivity index (χ0v) is 10.4. The van der Waals surface area contributed by atoms with Crippen LogP contribution >= 0.6 is 0 Å². The molecular weight excluding hydrogens is 230 g/mol. The summed E-state index contributed by atoms with van der Waals surface area (Å²) in [5.74, 6) is 0. The number of hydrogen-bond acceptors (Lipinski definition) is 0. The van der Waals surface area contributed by atoms with Crippen LogP contribution in [0.2, 0.25) is 0 Å². The lowest BCUT2D eigenvalue weighted by Gasteiger charge is -2.01. The van der Waals surface area contributed by atoms with Gasteiger partial charge in [0.15, 0.2) is 0 Å². The molecular formula is C18H13N. The van der Waals surface area contributed by atoms with E-state index in [0.717, 1.165) is 0 Å². The first-order valence-corrected chi connectivity index (χ1v) is 6.48. The smallest absolute Gasteiger partial charge is 0.0471 e. The number of benzene rings is 3. The summed E-state index contributed by atoms with van der Waals surface area (Å²) in [5, 5.41) is 2.58. The van der Waals surface area contributed by atoms with Crippen LogP contribution in [0.1, 0.15) is 0 Å². The zero-order chi connectivity index (χ0) is 12.7. The van der Waals surface area contributed by atoms with Gasteiger partial charge in [0, 0.05) is 21.8 Å². The van der Waals surface area contributed by atoms with Crippen LogP contribution in [0.4, 0.5) is 0 Å². The summed E-state index contributed by atoms with van der Waals surface area (Å²) in [6, 6.07) is 25.5. The molecule has 0 amide bonds. The lowest BCUT2D eigenvalue weighted by Crippen LogP contribution is -1.76. The Morgan fingerprint density at radius 3 is 2.16 bits per heavy atom. The van der Waals surface area contributed by atoms with Gasteiger partial charge in [-0.05, 0) is 23.3 Å². The lowest BCUT2D eigenvalue weighted by molar-refractivity contribution is 1.54. The minimum atomic E-state index is 1.20. The number of hydrogen-bond donors (Lipinski definition) is 1. The highest BCUT2D eigenvalue weighted by Gasteiger charge is 2.04. The molecule has 19 heavy (non-hydrogen) atoms. The fourth-order valence-corrected chi connectivity index (χ4v) is 2.66. The summed E-state index contributed by atoms with van der Waals surface area (Å²) in [6.45, 7) is 0. The van der Waals surface area contributed by atoms with Crippen molar-refractivity contribution in [2.24, 2.45) is 0 Å². The van der Waals surface area contributed by atoms with Gasteiger partial charge in [-0.2, -0.15) is 0 Å². The van der Waals surface area contributed by atoms with E-state index < -0.39 is 0 Å². The predicted molar refractivity (Wildman–Crippen MR) is 81.2 cm³/mol. The van der Waals surface area contributed by atoms with E-state index in [2.05, 4.69) is 71.7 Å². The highest BCUT2D eigenvalue weighted by molar-refractivity contribution is 6.08. The van der Waals surface area contributed by atoms with E-state index in [1.807, 2.05) is 6.07 Å². The molecule has 3 aromatic carbocycles. The molecule has 0 aliphatic carbocycles. The first-order chi connectivity index (χ1) is 9.42. The summed E-state index contributed by atoms with van der Waals surface area (Å²) < 4.78 is 0. The molecule has 0 saturated carbocycles. The molecule has 0 aliphatic heterocycles. The maximum absolute atomic E-state index is 3.49. The Bertz CT molecular complexity index is 857. The molecule has 1 heterocycles. The van der Waals surface area contributed by atoms with Crippen LogP contribution in [0.5, 0.6) is 0 Å². The van der Waals surface area contributed by atoms with Gasteiger partial charge in [0.25, 0.3) is 0 Å². The molecule has 1 nitrogen and oxygen atoms in total. The second kappa shape index (κ2) is 3.99. The molecule has 4 aromatic rings. The highest BCUT2D eigenvalue weighted by Crippen LogP contribution is 2.29.